The van der Waals surface area contributed by atoms with E-state index >= 15 is 0 Å². The van der Waals surface area contributed by atoms with Gasteiger partial charge in [0.05, 0.1) is 11.8 Å². The van der Waals surface area contributed by atoms with Gasteiger partial charge >= 0.3 is 5.97 Å². The van der Waals surface area contributed by atoms with Crippen LogP contribution >= 0.6 is 0 Å². The quantitative estimate of drug-likeness (QED) is 0.784. The van der Waals surface area contributed by atoms with Gasteiger partial charge in [0.15, 0.2) is 0 Å². The molecule has 0 heterocycles. The number of amides is 1. The molecule has 22 heavy (non-hydrogen) atoms. The second kappa shape index (κ2) is 5.10. The Morgan fingerprint density at radius 2 is 1.82 bits per heavy atom. The number of carbonyl (C=O) groups is 2. The zero-order chi connectivity index (χ0) is 15.4. The number of hydrogen-bond donors (Lipinski definition) is 2. The van der Waals surface area contributed by atoms with Crippen molar-refractivity contribution >= 4 is 11.9 Å². The normalized spacial score (nSPS) is 46.1. The highest BCUT2D eigenvalue weighted by atomic mass is 16.4. The van der Waals surface area contributed by atoms with Crippen LogP contribution in [0, 0.1) is 41.4 Å². The summed E-state index contributed by atoms with van der Waals surface area (Å²) in [6.45, 7) is 2.11. The van der Waals surface area contributed by atoms with Crippen LogP contribution in [0.25, 0.3) is 0 Å². The lowest BCUT2D eigenvalue weighted by atomic mass is 9.81. The molecule has 1 amide bonds. The molecule has 4 nitrogen and oxygen atoms in total. The van der Waals surface area contributed by atoms with Crippen molar-refractivity contribution in [1.82, 2.24) is 5.32 Å². The van der Waals surface area contributed by atoms with Crippen LogP contribution in [0.5, 0.6) is 0 Å². The van der Waals surface area contributed by atoms with Crippen LogP contribution in [0.1, 0.15) is 39.0 Å². The van der Waals surface area contributed by atoms with Gasteiger partial charge in [0.2, 0.25) is 5.91 Å². The summed E-state index contributed by atoms with van der Waals surface area (Å²) in [5.74, 6) is 0.677. The van der Waals surface area contributed by atoms with Gasteiger partial charge in [-0.2, -0.15) is 0 Å². The van der Waals surface area contributed by atoms with Gasteiger partial charge in [-0.1, -0.05) is 18.6 Å². The third kappa shape index (κ3) is 2.10. The Balaban J connectivity index is 1.43. The van der Waals surface area contributed by atoms with Gasteiger partial charge in [-0.15, -0.1) is 0 Å². The first kappa shape index (κ1) is 14.3. The molecule has 4 aliphatic rings. The maximum Gasteiger partial charge on any atom is 0.307 e. The van der Waals surface area contributed by atoms with Crippen molar-refractivity contribution in [2.75, 3.05) is 0 Å². The number of carbonyl (C=O) groups excluding carboxylic acids is 1. The molecule has 0 aromatic rings. The molecule has 4 rings (SSSR count). The highest BCUT2D eigenvalue weighted by Gasteiger charge is 2.52. The third-order valence-corrected chi connectivity index (χ3v) is 6.85. The van der Waals surface area contributed by atoms with E-state index < -0.39 is 11.9 Å². The Morgan fingerprint density at radius 3 is 2.41 bits per heavy atom. The SMILES string of the molecule is C[C@H](NC(=O)[C@H]1[C@@H](C(=O)O)[C@H]2C=C[C@H]1C2)[C@@H]1C[C@@H]2CC[C@@H]1C2. The lowest BCUT2D eigenvalue weighted by Gasteiger charge is -2.31. The van der Waals surface area contributed by atoms with Crippen molar-refractivity contribution in [3.05, 3.63) is 12.2 Å². The number of rotatable bonds is 4. The van der Waals surface area contributed by atoms with Crippen molar-refractivity contribution in [3.63, 3.8) is 0 Å². The predicted octanol–water partition coefficient (Wildman–Crippen LogP) is 2.45. The smallest absolute Gasteiger partial charge is 0.307 e. The van der Waals surface area contributed by atoms with Crippen molar-refractivity contribution in [3.8, 4) is 0 Å². The van der Waals surface area contributed by atoms with Gasteiger partial charge in [-0.05, 0) is 62.2 Å². The standard InChI is InChI=1S/C18H25NO3/c1-9(14-7-10-2-3-11(14)6-10)19-17(20)15-12-4-5-13(8-12)16(15)18(21)22/h4-5,9-16H,2-3,6-8H2,1H3,(H,19,20)(H,21,22)/t9-,10+,11+,12-,13-,14-,15+,16-/m0/s1. The van der Waals surface area contributed by atoms with Gasteiger partial charge in [-0.25, -0.2) is 0 Å². The monoisotopic (exact) mass is 303 g/mol. The summed E-state index contributed by atoms with van der Waals surface area (Å²) < 4.78 is 0. The van der Waals surface area contributed by atoms with Crippen LogP contribution in [0.3, 0.4) is 0 Å². The Kier molecular flexibility index (Phi) is 3.31. The van der Waals surface area contributed by atoms with E-state index in [0.29, 0.717) is 5.92 Å². The highest BCUT2D eigenvalue weighted by Crippen LogP contribution is 2.50. The number of allylic oxidation sites excluding steroid dienone is 2. The fourth-order valence-corrected chi connectivity index (χ4v) is 5.85. The maximum absolute atomic E-state index is 12.7. The first-order valence-electron chi connectivity index (χ1n) is 8.76. The molecule has 4 aliphatic carbocycles. The number of fused-ring (bicyclic) bond motifs is 4. The van der Waals surface area contributed by atoms with Crippen molar-refractivity contribution in [2.45, 2.75) is 45.1 Å². The molecule has 0 aromatic carbocycles. The van der Waals surface area contributed by atoms with Crippen LogP contribution in [0.4, 0.5) is 0 Å². The molecular weight excluding hydrogens is 278 g/mol. The van der Waals surface area contributed by atoms with E-state index in [1.807, 2.05) is 6.08 Å². The fraction of sp³-hybridized carbons (Fsp3) is 0.778. The number of carboxylic acids is 1. The summed E-state index contributed by atoms with van der Waals surface area (Å²) in [6, 6.07) is 0.181. The Labute approximate surface area is 131 Å². The van der Waals surface area contributed by atoms with Gasteiger partial charge in [0.25, 0.3) is 0 Å². The van der Waals surface area contributed by atoms with Crippen molar-refractivity contribution in [2.24, 2.45) is 41.4 Å². The van der Waals surface area contributed by atoms with E-state index in [-0.39, 0.29) is 29.7 Å². The van der Waals surface area contributed by atoms with Gasteiger partial charge < -0.3 is 10.4 Å². The van der Waals surface area contributed by atoms with Crippen LogP contribution in [-0.4, -0.2) is 23.0 Å². The summed E-state index contributed by atoms with van der Waals surface area (Å²) in [5, 5.41) is 12.7. The number of hydrogen-bond acceptors (Lipinski definition) is 2. The van der Waals surface area contributed by atoms with Crippen LogP contribution in [0.2, 0.25) is 0 Å². The van der Waals surface area contributed by atoms with Gasteiger partial charge in [0.1, 0.15) is 0 Å². The molecular formula is C18H25NO3. The topological polar surface area (TPSA) is 66.4 Å². The molecule has 0 saturated heterocycles. The van der Waals surface area contributed by atoms with Crippen molar-refractivity contribution < 1.29 is 14.7 Å². The Bertz CT molecular complexity index is 528. The Morgan fingerprint density at radius 1 is 1.09 bits per heavy atom. The molecule has 0 unspecified atom stereocenters. The summed E-state index contributed by atoms with van der Waals surface area (Å²) in [5.41, 5.74) is 0. The lowest BCUT2D eigenvalue weighted by Crippen LogP contribution is -2.46. The van der Waals surface area contributed by atoms with E-state index in [9.17, 15) is 14.7 Å². The largest absolute Gasteiger partial charge is 0.481 e. The third-order valence-electron chi connectivity index (χ3n) is 6.85. The van der Waals surface area contributed by atoms with E-state index in [1.165, 1.54) is 25.7 Å². The number of aliphatic carboxylic acids is 1. The molecule has 0 radical (unpaired) electrons. The fourth-order valence-electron chi connectivity index (χ4n) is 5.85. The first-order chi connectivity index (χ1) is 10.5. The zero-order valence-electron chi connectivity index (χ0n) is 13.1. The van der Waals surface area contributed by atoms with Gasteiger partial charge in [-0.3, -0.25) is 9.59 Å². The lowest BCUT2D eigenvalue weighted by molar-refractivity contribution is -0.148. The van der Waals surface area contributed by atoms with Crippen molar-refractivity contribution in [1.29, 1.82) is 0 Å². The molecule has 4 heteroatoms. The minimum Gasteiger partial charge on any atom is -0.481 e. The second-order valence-electron chi connectivity index (χ2n) is 7.97. The van der Waals surface area contributed by atoms with E-state index in [0.717, 1.165) is 18.3 Å². The average Bonchev–Trinajstić information content (AvgIpc) is 3.24. The summed E-state index contributed by atoms with van der Waals surface area (Å²) in [6.07, 6.45) is 10.1. The summed E-state index contributed by atoms with van der Waals surface area (Å²) in [7, 11) is 0. The minimum absolute atomic E-state index is 0.0282. The van der Waals surface area contributed by atoms with Gasteiger partial charge in [0, 0.05) is 6.04 Å². The summed E-state index contributed by atoms with van der Waals surface area (Å²) in [4.78, 5) is 24.3. The van der Waals surface area contributed by atoms with E-state index in [1.54, 1.807) is 0 Å². The van der Waals surface area contributed by atoms with E-state index in [2.05, 4.69) is 18.3 Å². The molecule has 0 spiro atoms. The minimum atomic E-state index is -0.815. The van der Waals surface area contributed by atoms with E-state index in [4.69, 9.17) is 0 Å². The average molecular weight is 303 g/mol. The molecule has 3 fully saturated rings. The molecule has 8 atom stereocenters. The predicted molar refractivity (Wildman–Crippen MR) is 81.9 cm³/mol. The molecule has 120 valence electrons. The molecule has 4 bridgehead atoms. The summed E-state index contributed by atoms with van der Waals surface area (Å²) >= 11 is 0. The number of carboxylic acid groups (broad SMARTS) is 1. The molecule has 2 N–H and O–H groups in total. The van der Waals surface area contributed by atoms with Crippen LogP contribution in [0.15, 0.2) is 12.2 Å². The zero-order valence-corrected chi connectivity index (χ0v) is 13.1. The molecule has 3 saturated carbocycles. The first-order valence-corrected chi connectivity index (χ1v) is 8.76. The number of nitrogens with one attached hydrogen (secondary N) is 1. The molecule has 0 aliphatic heterocycles. The second-order valence-corrected chi connectivity index (χ2v) is 7.97. The van der Waals surface area contributed by atoms with Crippen LogP contribution in [-0.2, 0) is 9.59 Å². The van der Waals surface area contributed by atoms with Crippen LogP contribution < -0.4 is 5.32 Å². The molecule has 0 aromatic heterocycles. The maximum atomic E-state index is 12.7. The highest BCUT2D eigenvalue weighted by molar-refractivity contribution is 5.87. The Hall–Kier alpha value is -1.32.